The van der Waals surface area contributed by atoms with Crippen LogP contribution in [-0.4, -0.2) is 45.0 Å². The number of hydrogen-bond acceptors (Lipinski definition) is 6. The van der Waals surface area contributed by atoms with E-state index in [0.717, 1.165) is 42.8 Å². The first-order chi connectivity index (χ1) is 17.4. The molecule has 36 heavy (non-hydrogen) atoms. The van der Waals surface area contributed by atoms with Gasteiger partial charge in [-0.3, -0.25) is 0 Å². The number of piperidine rings is 1. The lowest BCUT2D eigenvalue weighted by molar-refractivity contribution is 0.177. The predicted molar refractivity (Wildman–Crippen MR) is 140 cm³/mol. The molecular weight excluding hydrogens is 458 g/mol. The maximum Gasteiger partial charge on any atom is 0.225 e. The van der Waals surface area contributed by atoms with Crippen LogP contribution in [0.2, 0.25) is 0 Å². The van der Waals surface area contributed by atoms with Crippen molar-refractivity contribution in [1.29, 1.82) is 0 Å². The van der Waals surface area contributed by atoms with Crippen LogP contribution in [0.4, 0.5) is 20.5 Å². The number of nitrogens with zero attached hydrogens (tertiary/aromatic N) is 4. The summed E-state index contributed by atoms with van der Waals surface area (Å²) in [6.07, 6.45) is 2.03. The van der Waals surface area contributed by atoms with Crippen LogP contribution < -0.4 is 10.6 Å². The molecule has 1 fully saturated rings. The van der Waals surface area contributed by atoms with Gasteiger partial charge in [0, 0.05) is 37.3 Å². The number of benzene rings is 2. The molecule has 1 aliphatic heterocycles. The standard InChI is InChI=1S/C28H30F2N6/c1-18(2)36-15-13-23(14-16-36)32-27-26-25(12-11-24(33-26)20-5-9-22(30)10-6-20)34-28(35-27)31-17-19-3-7-21(29)8-4-19/h3-12,18,23H,13-17H2,1-2H3,(H2,31,32,34,35). The summed E-state index contributed by atoms with van der Waals surface area (Å²) < 4.78 is 26.7. The maximum atomic E-state index is 13.4. The van der Waals surface area contributed by atoms with E-state index >= 15 is 0 Å². The lowest BCUT2D eigenvalue weighted by Crippen LogP contribution is -2.42. The highest BCUT2D eigenvalue weighted by molar-refractivity contribution is 5.88. The summed E-state index contributed by atoms with van der Waals surface area (Å²) in [5, 5.41) is 6.89. The smallest absolute Gasteiger partial charge is 0.225 e. The molecule has 0 spiro atoms. The Hall–Kier alpha value is -3.65. The van der Waals surface area contributed by atoms with Gasteiger partial charge < -0.3 is 15.5 Å². The van der Waals surface area contributed by atoms with Gasteiger partial charge in [0.05, 0.1) is 11.2 Å². The van der Waals surface area contributed by atoms with Gasteiger partial charge in [-0.2, -0.15) is 4.98 Å². The third-order valence-electron chi connectivity index (χ3n) is 6.65. The second-order valence-corrected chi connectivity index (χ2v) is 9.50. The Labute approximate surface area is 209 Å². The van der Waals surface area contributed by atoms with E-state index in [4.69, 9.17) is 9.97 Å². The van der Waals surface area contributed by atoms with Crippen LogP contribution in [0.15, 0.2) is 60.7 Å². The van der Waals surface area contributed by atoms with Crippen LogP contribution in [0.3, 0.4) is 0 Å². The Bertz CT molecular complexity index is 1320. The van der Waals surface area contributed by atoms with Crippen LogP contribution in [0.5, 0.6) is 0 Å². The molecular formula is C28H30F2N6. The molecule has 8 heteroatoms. The molecule has 2 aromatic heterocycles. The summed E-state index contributed by atoms with van der Waals surface area (Å²) in [5.74, 6) is 0.604. The molecule has 186 valence electrons. The normalized spacial score (nSPS) is 14.9. The summed E-state index contributed by atoms with van der Waals surface area (Å²) in [6.45, 7) is 6.99. The third kappa shape index (κ3) is 5.60. The van der Waals surface area contributed by atoms with E-state index in [2.05, 4.69) is 34.4 Å². The summed E-state index contributed by atoms with van der Waals surface area (Å²) >= 11 is 0. The van der Waals surface area contributed by atoms with Crippen molar-refractivity contribution in [3.05, 3.63) is 77.9 Å². The number of fused-ring (bicyclic) bond motifs is 1. The van der Waals surface area contributed by atoms with Gasteiger partial charge in [0.25, 0.3) is 0 Å². The molecule has 0 radical (unpaired) electrons. The Balaban J connectivity index is 1.45. The van der Waals surface area contributed by atoms with Gasteiger partial charge in [0.1, 0.15) is 17.2 Å². The van der Waals surface area contributed by atoms with Crippen molar-refractivity contribution in [3.8, 4) is 11.3 Å². The Morgan fingerprint density at radius 3 is 2.19 bits per heavy atom. The number of aromatic nitrogens is 3. The van der Waals surface area contributed by atoms with E-state index in [-0.39, 0.29) is 17.7 Å². The van der Waals surface area contributed by atoms with Gasteiger partial charge in [-0.25, -0.2) is 18.7 Å². The Morgan fingerprint density at radius 2 is 1.53 bits per heavy atom. The van der Waals surface area contributed by atoms with Crippen molar-refractivity contribution in [3.63, 3.8) is 0 Å². The first-order valence-corrected chi connectivity index (χ1v) is 12.4. The molecule has 0 aliphatic carbocycles. The third-order valence-corrected chi connectivity index (χ3v) is 6.65. The van der Waals surface area contributed by atoms with E-state index in [0.29, 0.717) is 35.4 Å². The second-order valence-electron chi connectivity index (χ2n) is 9.50. The van der Waals surface area contributed by atoms with Gasteiger partial charge >= 0.3 is 0 Å². The maximum absolute atomic E-state index is 13.4. The molecule has 5 rings (SSSR count). The summed E-state index contributed by atoms with van der Waals surface area (Å²) in [7, 11) is 0. The van der Waals surface area contributed by atoms with Crippen LogP contribution in [-0.2, 0) is 6.54 Å². The number of halogens is 2. The molecule has 0 bridgehead atoms. The van der Waals surface area contributed by atoms with E-state index in [9.17, 15) is 8.78 Å². The highest BCUT2D eigenvalue weighted by atomic mass is 19.1. The fourth-order valence-corrected chi connectivity index (χ4v) is 4.51. The minimum atomic E-state index is -0.283. The quantitative estimate of drug-likeness (QED) is 0.339. The Kier molecular flexibility index (Phi) is 7.04. The topological polar surface area (TPSA) is 66.0 Å². The zero-order valence-electron chi connectivity index (χ0n) is 20.5. The molecule has 4 aromatic rings. The summed E-state index contributed by atoms with van der Waals surface area (Å²) in [6, 6.07) is 17.3. The van der Waals surface area contributed by atoms with Crippen molar-refractivity contribution in [2.24, 2.45) is 0 Å². The number of anilines is 2. The first-order valence-electron chi connectivity index (χ1n) is 12.4. The lowest BCUT2D eigenvalue weighted by Gasteiger charge is -2.35. The minimum absolute atomic E-state index is 0.265. The molecule has 0 amide bonds. The summed E-state index contributed by atoms with van der Waals surface area (Å²) in [5.41, 5.74) is 3.87. The molecule has 6 nitrogen and oxygen atoms in total. The highest BCUT2D eigenvalue weighted by Gasteiger charge is 2.22. The number of nitrogens with one attached hydrogen (secondary N) is 2. The number of likely N-dealkylation sites (tertiary alicyclic amines) is 1. The van der Waals surface area contributed by atoms with Crippen LogP contribution >= 0.6 is 0 Å². The van der Waals surface area contributed by atoms with Gasteiger partial charge in [-0.15, -0.1) is 0 Å². The molecule has 2 N–H and O–H groups in total. The Morgan fingerprint density at radius 1 is 0.861 bits per heavy atom. The second kappa shape index (κ2) is 10.5. The van der Waals surface area contributed by atoms with E-state index in [1.807, 2.05) is 12.1 Å². The molecule has 1 saturated heterocycles. The summed E-state index contributed by atoms with van der Waals surface area (Å²) in [4.78, 5) is 16.8. The largest absolute Gasteiger partial charge is 0.365 e. The average Bonchev–Trinajstić information content (AvgIpc) is 2.89. The van der Waals surface area contributed by atoms with E-state index in [1.54, 1.807) is 24.3 Å². The van der Waals surface area contributed by atoms with E-state index in [1.165, 1.54) is 24.3 Å². The predicted octanol–water partition coefficient (Wildman–Crippen LogP) is 5.87. The average molecular weight is 489 g/mol. The zero-order valence-corrected chi connectivity index (χ0v) is 20.5. The van der Waals surface area contributed by atoms with Gasteiger partial charge in [0.15, 0.2) is 5.82 Å². The molecule has 2 aromatic carbocycles. The van der Waals surface area contributed by atoms with Crippen molar-refractivity contribution in [1.82, 2.24) is 19.9 Å². The molecule has 0 saturated carbocycles. The molecule has 3 heterocycles. The number of hydrogen-bond donors (Lipinski definition) is 2. The van der Waals surface area contributed by atoms with Crippen LogP contribution in [0, 0.1) is 11.6 Å². The monoisotopic (exact) mass is 488 g/mol. The van der Waals surface area contributed by atoms with Gasteiger partial charge in [0.2, 0.25) is 5.95 Å². The zero-order chi connectivity index (χ0) is 25.1. The van der Waals surface area contributed by atoms with Crippen molar-refractivity contribution in [2.45, 2.75) is 45.3 Å². The van der Waals surface area contributed by atoms with E-state index < -0.39 is 0 Å². The fourth-order valence-electron chi connectivity index (χ4n) is 4.51. The molecule has 0 atom stereocenters. The number of pyridine rings is 1. The van der Waals surface area contributed by atoms with Crippen LogP contribution in [0.25, 0.3) is 22.3 Å². The van der Waals surface area contributed by atoms with Gasteiger partial charge in [-0.1, -0.05) is 12.1 Å². The van der Waals surface area contributed by atoms with Crippen molar-refractivity contribution >= 4 is 22.8 Å². The number of rotatable bonds is 7. The molecule has 1 aliphatic rings. The fraction of sp³-hybridized carbons (Fsp3) is 0.321. The van der Waals surface area contributed by atoms with Crippen molar-refractivity contribution < 1.29 is 8.78 Å². The first kappa shape index (κ1) is 24.1. The molecule has 0 unspecified atom stereocenters. The lowest BCUT2D eigenvalue weighted by atomic mass is 10.0. The minimum Gasteiger partial charge on any atom is -0.365 e. The van der Waals surface area contributed by atoms with Gasteiger partial charge in [-0.05, 0) is 80.8 Å². The van der Waals surface area contributed by atoms with Crippen LogP contribution in [0.1, 0.15) is 32.3 Å². The van der Waals surface area contributed by atoms with Crippen molar-refractivity contribution in [2.75, 3.05) is 23.7 Å². The highest BCUT2D eigenvalue weighted by Crippen LogP contribution is 2.27. The SMILES string of the molecule is CC(C)N1CCC(Nc2nc(NCc3ccc(F)cc3)nc3ccc(-c4ccc(F)cc4)nc23)CC1.